The van der Waals surface area contributed by atoms with Crippen LogP contribution in [0.4, 0.5) is 4.39 Å². The van der Waals surface area contributed by atoms with Crippen LogP contribution in [0.3, 0.4) is 0 Å². The number of para-hydroxylation sites is 2. The molecule has 20 heavy (non-hydrogen) atoms. The minimum absolute atomic E-state index is 0.00368. The van der Waals surface area contributed by atoms with E-state index < -0.39 is 11.7 Å². The van der Waals surface area contributed by atoms with E-state index in [-0.39, 0.29) is 12.2 Å². The molecule has 5 heteroatoms. The Morgan fingerprint density at radius 1 is 1.10 bits per heavy atom. The predicted molar refractivity (Wildman–Crippen MR) is 71.2 cm³/mol. The first-order valence-corrected chi connectivity index (χ1v) is 6.03. The molecule has 100 valence electrons. The lowest BCUT2D eigenvalue weighted by Gasteiger charge is -2.01. The highest BCUT2D eigenvalue weighted by Crippen LogP contribution is 2.13. The van der Waals surface area contributed by atoms with Gasteiger partial charge < -0.3 is 4.42 Å². The van der Waals surface area contributed by atoms with E-state index in [9.17, 15) is 14.0 Å². The molecule has 1 aromatic heterocycles. The zero-order chi connectivity index (χ0) is 14.1. The van der Waals surface area contributed by atoms with Crippen LogP contribution in [0.2, 0.25) is 0 Å². The second-order valence-electron chi connectivity index (χ2n) is 4.37. The van der Waals surface area contributed by atoms with E-state index in [0.717, 1.165) is 4.57 Å². The van der Waals surface area contributed by atoms with Gasteiger partial charge in [-0.15, -0.1) is 0 Å². The Bertz CT molecular complexity index is 830. The molecule has 0 atom stereocenters. The molecular formula is C15H10FNO3. The maximum absolute atomic E-state index is 12.8. The SMILES string of the molecule is O=C(Cc1ccc(F)cc1)n1c(=O)oc2ccccc21. The summed E-state index contributed by atoms with van der Waals surface area (Å²) in [5.74, 6) is -1.49. The summed E-state index contributed by atoms with van der Waals surface area (Å²) >= 11 is 0. The van der Waals surface area contributed by atoms with Crippen molar-refractivity contribution in [2.24, 2.45) is 0 Å². The van der Waals surface area contributed by atoms with Crippen LogP contribution in [0.5, 0.6) is 0 Å². The molecule has 0 amide bonds. The van der Waals surface area contributed by atoms with E-state index in [0.29, 0.717) is 16.7 Å². The first kappa shape index (κ1) is 12.3. The van der Waals surface area contributed by atoms with Crippen molar-refractivity contribution in [3.63, 3.8) is 0 Å². The van der Waals surface area contributed by atoms with Crippen LogP contribution in [0, 0.1) is 5.82 Å². The van der Waals surface area contributed by atoms with Gasteiger partial charge in [0.1, 0.15) is 5.82 Å². The third kappa shape index (κ3) is 2.14. The summed E-state index contributed by atoms with van der Waals surface area (Å²) in [4.78, 5) is 23.9. The normalized spacial score (nSPS) is 10.8. The summed E-state index contributed by atoms with van der Waals surface area (Å²) in [6, 6.07) is 12.3. The third-order valence-electron chi connectivity index (χ3n) is 3.00. The molecule has 1 heterocycles. The molecule has 0 aliphatic carbocycles. The number of carbonyl (C=O) groups is 1. The first-order chi connectivity index (χ1) is 9.65. The number of nitrogens with zero attached hydrogens (tertiary/aromatic N) is 1. The van der Waals surface area contributed by atoms with Crippen molar-refractivity contribution in [1.82, 2.24) is 4.57 Å². The van der Waals surface area contributed by atoms with Crippen molar-refractivity contribution in [2.45, 2.75) is 6.42 Å². The standard InChI is InChI=1S/C15H10FNO3/c16-11-7-5-10(6-8-11)9-14(18)17-12-3-1-2-4-13(12)20-15(17)19/h1-8H,9H2. The zero-order valence-corrected chi connectivity index (χ0v) is 10.4. The van der Waals surface area contributed by atoms with Crippen molar-refractivity contribution in [1.29, 1.82) is 0 Å². The molecule has 0 aliphatic rings. The maximum atomic E-state index is 12.8. The number of halogens is 1. The Morgan fingerprint density at radius 2 is 1.80 bits per heavy atom. The van der Waals surface area contributed by atoms with Gasteiger partial charge in [0, 0.05) is 0 Å². The van der Waals surface area contributed by atoms with Gasteiger partial charge in [0.2, 0.25) is 5.91 Å². The number of oxazole rings is 1. The number of hydrogen-bond acceptors (Lipinski definition) is 3. The van der Waals surface area contributed by atoms with Gasteiger partial charge in [-0.1, -0.05) is 24.3 Å². The Labute approximate surface area is 113 Å². The number of aromatic nitrogens is 1. The highest BCUT2D eigenvalue weighted by atomic mass is 19.1. The lowest BCUT2D eigenvalue weighted by Crippen LogP contribution is -2.24. The second kappa shape index (κ2) is 4.77. The fourth-order valence-corrected chi connectivity index (χ4v) is 2.06. The van der Waals surface area contributed by atoms with Gasteiger partial charge in [0.25, 0.3) is 0 Å². The largest absolute Gasteiger partial charge is 0.426 e. The second-order valence-corrected chi connectivity index (χ2v) is 4.37. The van der Waals surface area contributed by atoms with E-state index in [1.54, 1.807) is 24.3 Å². The van der Waals surface area contributed by atoms with E-state index in [2.05, 4.69) is 0 Å². The van der Waals surface area contributed by atoms with Gasteiger partial charge in [-0.25, -0.2) is 13.8 Å². The van der Waals surface area contributed by atoms with Crippen molar-refractivity contribution in [3.05, 3.63) is 70.5 Å². The molecule has 2 aromatic carbocycles. The monoisotopic (exact) mass is 271 g/mol. The molecule has 0 unspecified atom stereocenters. The van der Waals surface area contributed by atoms with Crippen molar-refractivity contribution in [3.8, 4) is 0 Å². The van der Waals surface area contributed by atoms with E-state index in [1.807, 2.05) is 0 Å². The number of hydrogen-bond donors (Lipinski definition) is 0. The lowest BCUT2D eigenvalue weighted by molar-refractivity contribution is 0.0910. The molecule has 3 aromatic rings. The van der Waals surface area contributed by atoms with Crippen molar-refractivity contribution < 1.29 is 13.6 Å². The highest BCUT2D eigenvalue weighted by molar-refractivity contribution is 5.90. The summed E-state index contributed by atoms with van der Waals surface area (Å²) in [5, 5.41) is 0. The van der Waals surface area contributed by atoms with Gasteiger partial charge in [0.05, 0.1) is 11.9 Å². The molecule has 0 bridgehead atoms. The zero-order valence-electron chi connectivity index (χ0n) is 10.4. The summed E-state index contributed by atoms with van der Waals surface area (Å²) in [5.41, 5.74) is 1.43. The molecule has 0 radical (unpaired) electrons. The summed E-state index contributed by atoms with van der Waals surface area (Å²) < 4.78 is 18.8. The Hall–Kier alpha value is -2.69. The molecule has 0 fully saturated rings. The fraction of sp³-hybridized carbons (Fsp3) is 0.0667. The minimum atomic E-state index is -0.710. The van der Waals surface area contributed by atoms with Gasteiger partial charge in [-0.05, 0) is 29.8 Å². The Morgan fingerprint density at radius 3 is 2.55 bits per heavy atom. The first-order valence-electron chi connectivity index (χ1n) is 6.03. The number of carbonyl (C=O) groups excluding carboxylic acids is 1. The van der Waals surface area contributed by atoms with Crippen molar-refractivity contribution in [2.75, 3.05) is 0 Å². The van der Waals surface area contributed by atoms with Crippen LogP contribution in [0.15, 0.2) is 57.7 Å². The average molecular weight is 271 g/mol. The van der Waals surface area contributed by atoms with E-state index in [4.69, 9.17) is 4.42 Å². The van der Waals surface area contributed by atoms with Crippen LogP contribution < -0.4 is 5.76 Å². The maximum Gasteiger partial charge on any atom is 0.426 e. The summed E-state index contributed by atoms with van der Waals surface area (Å²) in [7, 11) is 0. The quantitative estimate of drug-likeness (QED) is 0.720. The fourth-order valence-electron chi connectivity index (χ4n) is 2.06. The third-order valence-corrected chi connectivity index (χ3v) is 3.00. The Kier molecular flexibility index (Phi) is 2.95. The lowest BCUT2D eigenvalue weighted by atomic mass is 10.1. The van der Waals surface area contributed by atoms with Crippen molar-refractivity contribution >= 4 is 17.0 Å². The van der Waals surface area contributed by atoms with Gasteiger partial charge in [-0.3, -0.25) is 4.79 Å². The van der Waals surface area contributed by atoms with Crippen LogP contribution in [0.1, 0.15) is 10.4 Å². The molecule has 0 saturated heterocycles. The van der Waals surface area contributed by atoms with Gasteiger partial charge in [-0.2, -0.15) is 0 Å². The number of rotatable bonds is 2. The smallest absolute Gasteiger partial charge is 0.407 e. The van der Waals surface area contributed by atoms with E-state index >= 15 is 0 Å². The number of fused-ring (bicyclic) bond motifs is 1. The molecule has 4 nitrogen and oxygen atoms in total. The van der Waals surface area contributed by atoms with Crippen LogP contribution in [0.25, 0.3) is 11.1 Å². The number of benzene rings is 2. The topological polar surface area (TPSA) is 52.2 Å². The molecule has 0 N–H and O–H groups in total. The molecule has 0 saturated carbocycles. The van der Waals surface area contributed by atoms with Crippen LogP contribution >= 0.6 is 0 Å². The predicted octanol–water partition coefficient (Wildman–Crippen LogP) is 2.62. The Balaban J connectivity index is 1.98. The van der Waals surface area contributed by atoms with Crippen LogP contribution in [-0.4, -0.2) is 10.5 Å². The molecular weight excluding hydrogens is 261 g/mol. The molecule has 0 spiro atoms. The molecule has 0 aliphatic heterocycles. The minimum Gasteiger partial charge on any atom is -0.407 e. The van der Waals surface area contributed by atoms with E-state index in [1.165, 1.54) is 24.3 Å². The van der Waals surface area contributed by atoms with Gasteiger partial charge >= 0.3 is 5.76 Å². The van der Waals surface area contributed by atoms with Crippen LogP contribution in [-0.2, 0) is 6.42 Å². The highest BCUT2D eigenvalue weighted by Gasteiger charge is 2.15. The van der Waals surface area contributed by atoms with Gasteiger partial charge in [0.15, 0.2) is 5.58 Å². The average Bonchev–Trinajstić information content (AvgIpc) is 2.77. The molecule has 3 rings (SSSR count). The summed E-state index contributed by atoms with van der Waals surface area (Å²) in [6.45, 7) is 0. The summed E-state index contributed by atoms with van der Waals surface area (Å²) in [6.07, 6.45) is 0.00368.